The molecule has 2 N–H and O–H groups in total. The smallest absolute Gasteiger partial charge is 0.271 e. The van der Waals surface area contributed by atoms with Gasteiger partial charge in [-0.05, 0) is 31.5 Å². The second kappa shape index (κ2) is 7.57. The van der Waals surface area contributed by atoms with Crippen molar-refractivity contribution < 1.29 is 4.79 Å². The van der Waals surface area contributed by atoms with Crippen LogP contribution in [0.2, 0.25) is 0 Å². The van der Waals surface area contributed by atoms with E-state index in [1.54, 1.807) is 6.20 Å². The predicted molar refractivity (Wildman–Crippen MR) is 98.8 cm³/mol. The summed E-state index contributed by atoms with van der Waals surface area (Å²) in [5.74, 6) is 0.355. The first-order chi connectivity index (χ1) is 12.1. The highest BCUT2D eigenvalue weighted by atomic mass is 16.1. The van der Waals surface area contributed by atoms with Crippen LogP contribution in [0.1, 0.15) is 27.2 Å². The average Bonchev–Trinajstić information content (AvgIpc) is 2.63. The van der Waals surface area contributed by atoms with Crippen molar-refractivity contribution in [1.82, 2.24) is 15.3 Å². The first-order valence-electron chi connectivity index (χ1n) is 8.09. The molecule has 1 heterocycles. The number of carbonyl (C=O) groups excluding carboxylic acids is 1. The molecule has 3 aromatic rings. The van der Waals surface area contributed by atoms with Crippen molar-refractivity contribution in [1.29, 1.82) is 0 Å². The lowest BCUT2D eigenvalue weighted by Crippen LogP contribution is -2.24. The molecule has 0 radical (unpaired) electrons. The van der Waals surface area contributed by atoms with E-state index in [1.807, 2.05) is 62.4 Å². The third-order valence-corrected chi connectivity index (χ3v) is 3.78. The molecule has 0 fully saturated rings. The summed E-state index contributed by atoms with van der Waals surface area (Å²) in [5, 5.41) is 6.00. The summed E-state index contributed by atoms with van der Waals surface area (Å²) in [6, 6.07) is 16.0. The van der Waals surface area contributed by atoms with Gasteiger partial charge in [-0.3, -0.25) is 4.79 Å². The third-order valence-electron chi connectivity index (χ3n) is 3.78. The number of hydrogen-bond acceptors (Lipinski definition) is 4. The van der Waals surface area contributed by atoms with E-state index in [1.165, 1.54) is 17.3 Å². The largest absolute Gasteiger partial charge is 0.347 e. The minimum Gasteiger partial charge on any atom is -0.347 e. The van der Waals surface area contributed by atoms with Crippen LogP contribution in [-0.2, 0) is 6.54 Å². The maximum atomic E-state index is 12.2. The molecule has 1 amide bonds. The predicted octanol–water partition coefficient (Wildman–Crippen LogP) is 3.77. The number of amides is 1. The average molecular weight is 332 g/mol. The van der Waals surface area contributed by atoms with Crippen LogP contribution < -0.4 is 10.6 Å². The van der Waals surface area contributed by atoms with E-state index in [0.717, 1.165) is 11.3 Å². The second-order valence-corrected chi connectivity index (χ2v) is 5.95. The molecular formula is C20H20N4O. The van der Waals surface area contributed by atoms with E-state index < -0.39 is 0 Å². The summed E-state index contributed by atoms with van der Waals surface area (Å²) in [7, 11) is 0. The number of aromatic nitrogens is 2. The van der Waals surface area contributed by atoms with E-state index in [-0.39, 0.29) is 5.91 Å². The molecule has 0 aliphatic carbocycles. The first-order valence-corrected chi connectivity index (χ1v) is 8.09. The molecular weight excluding hydrogens is 312 g/mol. The minimum atomic E-state index is -0.241. The van der Waals surface area contributed by atoms with Gasteiger partial charge in [-0.15, -0.1) is 0 Å². The topological polar surface area (TPSA) is 66.9 Å². The van der Waals surface area contributed by atoms with Gasteiger partial charge in [0.05, 0.1) is 12.4 Å². The Hall–Kier alpha value is -3.21. The maximum Gasteiger partial charge on any atom is 0.271 e. The number of aryl methyl sites for hydroxylation is 2. The highest BCUT2D eigenvalue weighted by Gasteiger charge is 2.08. The SMILES string of the molecule is Cc1ccc(CNC(=O)c2cnc(Nc3ccc(C)cc3)cn2)cc1. The van der Waals surface area contributed by atoms with Gasteiger partial charge >= 0.3 is 0 Å². The van der Waals surface area contributed by atoms with Gasteiger partial charge in [0.1, 0.15) is 11.5 Å². The summed E-state index contributed by atoms with van der Waals surface area (Å²) in [5.41, 5.74) is 4.65. The number of nitrogens with zero attached hydrogens (tertiary/aromatic N) is 2. The highest BCUT2D eigenvalue weighted by molar-refractivity contribution is 5.92. The Kier molecular flexibility index (Phi) is 5.04. The molecule has 0 aliphatic heterocycles. The molecule has 3 rings (SSSR count). The lowest BCUT2D eigenvalue weighted by atomic mass is 10.1. The Balaban J connectivity index is 1.58. The van der Waals surface area contributed by atoms with Crippen molar-refractivity contribution in [2.45, 2.75) is 20.4 Å². The van der Waals surface area contributed by atoms with Gasteiger partial charge < -0.3 is 10.6 Å². The van der Waals surface area contributed by atoms with Gasteiger partial charge in [-0.1, -0.05) is 47.5 Å². The van der Waals surface area contributed by atoms with Gasteiger partial charge in [0.15, 0.2) is 0 Å². The van der Waals surface area contributed by atoms with Crippen LogP contribution in [0.3, 0.4) is 0 Å². The number of rotatable bonds is 5. The lowest BCUT2D eigenvalue weighted by molar-refractivity contribution is 0.0945. The molecule has 2 aromatic carbocycles. The van der Waals surface area contributed by atoms with Crippen LogP contribution in [0.15, 0.2) is 60.9 Å². The Labute approximate surface area is 147 Å². The quantitative estimate of drug-likeness (QED) is 0.746. The Morgan fingerprint density at radius 1 is 0.880 bits per heavy atom. The normalized spacial score (nSPS) is 10.3. The molecule has 5 nitrogen and oxygen atoms in total. The van der Waals surface area contributed by atoms with Crippen LogP contribution in [0.25, 0.3) is 0 Å². The number of benzene rings is 2. The van der Waals surface area contributed by atoms with Gasteiger partial charge in [0, 0.05) is 12.2 Å². The van der Waals surface area contributed by atoms with Gasteiger partial charge in [-0.2, -0.15) is 0 Å². The van der Waals surface area contributed by atoms with Gasteiger partial charge in [0.25, 0.3) is 5.91 Å². The number of anilines is 2. The standard InChI is InChI=1S/C20H20N4O/c1-14-3-7-16(8-4-14)11-23-20(25)18-12-22-19(13-21-18)24-17-9-5-15(2)6-10-17/h3-10,12-13H,11H2,1-2H3,(H,22,24)(H,23,25). The van der Waals surface area contributed by atoms with Crippen LogP contribution in [-0.4, -0.2) is 15.9 Å². The lowest BCUT2D eigenvalue weighted by Gasteiger charge is -2.07. The van der Waals surface area contributed by atoms with Crippen molar-refractivity contribution in [2.24, 2.45) is 0 Å². The van der Waals surface area contributed by atoms with Crippen molar-refractivity contribution >= 4 is 17.4 Å². The minimum absolute atomic E-state index is 0.241. The van der Waals surface area contributed by atoms with E-state index in [4.69, 9.17) is 0 Å². The summed E-state index contributed by atoms with van der Waals surface area (Å²) in [4.78, 5) is 20.6. The van der Waals surface area contributed by atoms with Crippen molar-refractivity contribution in [2.75, 3.05) is 5.32 Å². The molecule has 0 atom stereocenters. The first kappa shape index (κ1) is 16.6. The molecule has 0 aliphatic rings. The maximum absolute atomic E-state index is 12.2. The number of hydrogen-bond donors (Lipinski definition) is 2. The molecule has 1 aromatic heterocycles. The fraction of sp³-hybridized carbons (Fsp3) is 0.150. The number of carbonyl (C=O) groups is 1. The zero-order valence-electron chi connectivity index (χ0n) is 14.3. The van der Waals surface area contributed by atoms with Crippen LogP contribution in [0.5, 0.6) is 0 Å². The monoisotopic (exact) mass is 332 g/mol. The van der Waals surface area contributed by atoms with Crippen molar-refractivity contribution in [3.05, 3.63) is 83.3 Å². The molecule has 0 saturated heterocycles. The van der Waals surface area contributed by atoms with Crippen LogP contribution >= 0.6 is 0 Å². The second-order valence-electron chi connectivity index (χ2n) is 5.95. The van der Waals surface area contributed by atoms with Gasteiger partial charge in [0.2, 0.25) is 0 Å². The highest BCUT2D eigenvalue weighted by Crippen LogP contribution is 2.14. The van der Waals surface area contributed by atoms with Crippen molar-refractivity contribution in [3.8, 4) is 0 Å². The van der Waals surface area contributed by atoms with Gasteiger partial charge in [-0.25, -0.2) is 9.97 Å². The summed E-state index contributed by atoms with van der Waals surface area (Å²) < 4.78 is 0. The molecule has 0 bridgehead atoms. The molecule has 5 heteroatoms. The molecule has 0 unspecified atom stereocenters. The summed E-state index contributed by atoms with van der Waals surface area (Å²) >= 11 is 0. The number of nitrogens with one attached hydrogen (secondary N) is 2. The Morgan fingerprint density at radius 2 is 1.52 bits per heavy atom. The zero-order valence-corrected chi connectivity index (χ0v) is 14.3. The summed E-state index contributed by atoms with van der Waals surface area (Å²) in [6.07, 6.45) is 3.03. The zero-order chi connectivity index (χ0) is 17.6. The van der Waals surface area contributed by atoms with Crippen molar-refractivity contribution in [3.63, 3.8) is 0 Å². The van der Waals surface area contributed by atoms with E-state index in [0.29, 0.717) is 18.1 Å². The van der Waals surface area contributed by atoms with E-state index in [9.17, 15) is 4.79 Å². The fourth-order valence-electron chi connectivity index (χ4n) is 2.27. The Bertz CT molecular complexity index is 840. The molecule has 25 heavy (non-hydrogen) atoms. The Morgan fingerprint density at radius 3 is 2.12 bits per heavy atom. The molecule has 126 valence electrons. The summed E-state index contributed by atoms with van der Waals surface area (Å²) in [6.45, 7) is 4.53. The van der Waals surface area contributed by atoms with Crippen LogP contribution in [0, 0.1) is 13.8 Å². The fourth-order valence-corrected chi connectivity index (χ4v) is 2.27. The van der Waals surface area contributed by atoms with E-state index >= 15 is 0 Å². The van der Waals surface area contributed by atoms with E-state index in [2.05, 4.69) is 20.6 Å². The molecule has 0 spiro atoms. The van der Waals surface area contributed by atoms with Crippen LogP contribution in [0.4, 0.5) is 11.5 Å². The third kappa shape index (κ3) is 4.64. The molecule has 0 saturated carbocycles.